The van der Waals surface area contributed by atoms with E-state index >= 15 is 0 Å². The van der Waals surface area contributed by atoms with Crippen molar-refractivity contribution in [2.24, 2.45) is 0 Å². The van der Waals surface area contributed by atoms with E-state index in [-0.39, 0.29) is 0 Å². The predicted octanol–water partition coefficient (Wildman–Crippen LogP) is 5.77. The fourth-order valence-corrected chi connectivity index (χ4v) is 3.06. The Balaban J connectivity index is 2.15. The predicted molar refractivity (Wildman–Crippen MR) is 117 cm³/mol. The number of rotatable bonds is 10. The third kappa shape index (κ3) is 4.66. The molecule has 0 aliphatic carbocycles. The second-order valence-electron chi connectivity index (χ2n) is 6.23. The Morgan fingerprint density at radius 2 is 1.08 bits per heavy atom. The molecule has 0 heterocycles. The summed E-state index contributed by atoms with van der Waals surface area (Å²) < 4.78 is 0. The lowest BCUT2D eigenvalue weighted by molar-refractivity contribution is 0.906. The summed E-state index contributed by atoms with van der Waals surface area (Å²) in [5.41, 5.74) is 5.76. The average molecular weight is 347 g/mol. The number of likely N-dealkylation sites (N-methyl/N-ethyl adjacent to an activating group) is 2. The van der Waals surface area contributed by atoms with Gasteiger partial charge in [-0.2, -0.15) is 0 Å². The molecule has 0 aromatic heterocycles. The van der Waals surface area contributed by atoms with E-state index in [2.05, 4.69) is 91.9 Å². The average Bonchev–Trinajstić information content (AvgIpc) is 2.70. The zero-order valence-electron chi connectivity index (χ0n) is 16.1. The Kier molecular flexibility index (Phi) is 7.28. The largest absolute Gasteiger partial charge is 0.368 e. The van der Waals surface area contributed by atoms with Gasteiger partial charge in [-0.25, -0.2) is 0 Å². The van der Waals surface area contributed by atoms with Crippen molar-refractivity contribution in [1.29, 1.82) is 0 Å². The van der Waals surface area contributed by atoms with Crippen molar-refractivity contribution in [2.45, 2.75) is 13.8 Å². The van der Waals surface area contributed by atoms with Crippen LogP contribution in [-0.4, -0.2) is 26.2 Å². The number of hydrogen-bond donors (Lipinski definition) is 0. The van der Waals surface area contributed by atoms with E-state index in [1.165, 1.54) is 11.4 Å². The molecule has 0 N–H and O–H groups in total. The Bertz CT molecular complexity index is 662. The molecule has 0 saturated carbocycles. The van der Waals surface area contributed by atoms with Crippen LogP contribution in [0.1, 0.15) is 25.0 Å². The molecule has 0 saturated heterocycles. The highest BCUT2D eigenvalue weighted by atomic mass is 15.1. The first kappa shape index (κ1) is 19.6. The van der Waals surface area contributed by atoms with E-state index in [1.54, 1.807) is 0 Å². The van der Waals surface area contributed by atoms with Crippen LogP contribution in [0.2, 0.25) is 0 Å². The third-order valence-corrected chi connectivity index (χ3v) is 4.62. The van der Waals surface area contributed by atoms with E-state index in [9.17, 15) is 0 Å². The summed E-state index contributed by atoms with van der Waals surface area (Å²) in [6.07, 6.45) is 3.87. The Morgan fingerprint density at radius 1 is 0.731 bits per heavy atom. The maximum absolute atomic E-state index is 4.30. The molecule has 2 nitrogen and oxygen atoms in total. The fraction of sp³-hybridized carbons (Fsp3) is 0.250. The summed E-state index contributed by atoms with van der Waals surface area (Å²) in [6, 6.07) is 17.2. The van der Waals surface area contributed by atoms with Crippen LogP contribution in [0.15, 0.2) is 80.4 Å². The van der Waals surface area contributed by atoms with Gasteiger partial charge in [0.15, 0.2) is 0 Å². The zero-order valence-corrected chi connectivity index (χ0v) is 16.1. The van der Waals surface area contributed by atoms with Gasteiger partial charge in [0.1, 0.15) is 0 Å². The molecule has 2 heteroatoms. The fourth-order valence-electron chi connectivity index (χ4n) is 3.06. The zero-order chi connectivity index (χ0) is 18.9. The van der Waals surface area contributed by atoms with Crippen LogP contribution >= 0.6 is 0 Å². The van der Waals surface area contributed by atoms with Crippen molar-refractivity contribution < 1.29 is 0 Å². The Hall–Kier alpha value is -2.74. The highest BCUT2D eigenvalue weighted by Gasteiger charge is 2.07. The smallest absolute Gasteiger partial charge is 0.0369 e. The van der Waals surface area contributed by atoms with Crippen LogP contribution in [0.4, 0.5) is 11.4 Å². The van der Waals surface area contributed by atoms with E-state index in [0.29, 0.717) is 0 Å². The van der Waals surface area contributed by atoms with Gasteiger partial charge in [-0.3, -0.25) is 0 Å². The topological polar surface area (TPSA) is 6.48 Å². The summed E-state index contributed by atoms with van der Waals surface area (Å²) >= 11 is 0. The highest BCUT2D eigenvalue weighted by Crippen LogP contribution is 2.26. The van der Waals surface area contributed by atoms with Gasteiger partial charge in [-0.1, -0.05) is 43.0 Å². The molecule has 0 bridgehead atoms. The quantitative estimate of drug-likeness (QED) is 0.504. The molecule has 0 unspecified atom stereocenters. The Morgan fingerprint density at radius 3 is 1.35 bits per heavy atom. The first-order chi connectivity index (χ1) is 12.6. The molecular formula is C24H30N2. The molecule has 2 aromatic rings. The summed E-state index contributed by atoms with van der Waals surface area (Å²) in [4.78, 5) is 4.57. The lowest BCUT2D eigenvalue weighted by atomic mass is 9.99. The van der Waals surface area contributed by atoms with Crippen LogP contribution in [0.25, 0.3) is 5.57 Å². The minimum Gasteiger partial charge on any atom is -0.368 e. The summed E-state index contributed by atoms with van der Waals surface area (Å²) in [5.74, 6) is 0. The maximum atomic E-state index is 4.30. The first-order valence-corrected chi connectivity index (χ1v) is 9.26. The van der Waals surface area contributed by atoms with Crippen LogP contribution in [0, 0.1) is 0 Å². The second kappa shape index (κ2) is 9.67. The van der Waals surface area contributed by atoms with Gasteiger partial charge >= 0.3 is 0 Å². The number of anilines is 2. The lowest BCUT2D eigenvalue weighted by Crippen LogP contribution is -2.22. The van der Waals surface area contributed by atoms with Crippen molar-refractivity contribution in [2.75, 3.05) is 36.0 Å². The van der Waals surface area contributed by atoms with Gasteiger partial charge < -0.3 is 9.80 Å². The molecule has 0 amide bonds. The minimum absolute atomic E-state index is 0.858. The van der Waals surface area contributed by atoms with Crippen molar-refractivity contribution in [1.82, 2.24) is 0 Å². The van der Waals surface area contributed by atoms with E-state index in [0.717, 1.165) is 42.9 Å². The second-order valence-corrected chi connectivity index (χ2v) is 6.23. The lowest BCUT2D eigenvalue weighted by Gasteiger charge is -2.22. The minimum atomic E-state index is 0.858. The van der Waals surface area contributed by atoms with Crippen LogP contribution in [0.3, 0.4) is 0 Å². The van der Waals surface area contributed by atoms with E-state index in [4.69, 9.17) is 0 Å². The van der Waals surface area contributed by atoms with Crippen molar-refractivity contribution >= 4 is 16.9 Å². The molecule has 26 heavy (non-hydrogen) atoms. The van der Waals surface area contributed by atoms with Gasteiger partial charge in [0.25, 0.3) is 0 Å². The summed E-state index contributed by atoms with van der Waals surface area (Å²) in [6.45, 7) is 19.9. The highest BCUT2D eigenvalue weighted by molar-refractivity contribution is 5.79. The summed E-state index contributed by atoms with van der Waals surface area (Å²) in [5, 5.41) is 0. The maximum Gasteiger partial charge on any atom is 0.0369 e. The van der Waals surface area contributed by atoms with Crippen LogP contribution in [0.5, 0.6) is 0 Å². The van der Waals surface area contributed by atoms with Gasteiger partial charge in [-0.05, 0) is 54.8 Å². The molecular weight excluding hydrogens is 316 g/mol. The first-order valence-electron chi connectivity index (χ1n) is 9.26. The Labute approximate surface area is 158 Å². The molecule has 0 spiro atoms. The molecule has 0 aliphatic rings. The van der Waals surface area contributed by atoms with Gasteiger partial charge in [-0.15, -0.1) is 13.2 Å². The molecule has 0 radical (unpaired) electrons. The van der Waals surface area contributed by atoms with E-state index in [1.807, 2.05) is 12.2 Å². The monoisotopic (exact) mass is 346 g/mol. The van der Waals surface area contributed by atoms with Crippen LogP contribution in [-0.2, 0) is 0 Å². The normalized spacial score (nSPS) is 10.2. The number of benzene rings is 2. The van der Waals surface area contributed by atoms with Gasteiger partial charge in [0, 0.05) is 37.6 Å². The van der Waals surface area contributed by atoms with E-state index < -0.39 is 0 Å². The number of hydrogen-bond acceptors (Lipinski definition) is 2. The van der Waals surface area contributed by atoms with Gasteiger partial charge in [0.05, 0.1) is 0 Å². The van der Waals surface area contributed by atoms with Crippen molar-refractivity contribution in [3.05, 3.63) is 91.5 Å². The molecule has 2 aromatic carbocycles. The molecule has 0 fully saturated rings. The summed E-state index contributed by atoms with van der Waals surface area (Å²) in [7, 11) is 0. The van der Waals surface area contributed by atoms with Crippen molar-refractivity contribution in [3.8, 4) is 0 Å². The molecule has 0 atom stereocenters. The molecule has 0 aliphatic heterocycles. The number of nitrogens with zero attached hydrogens (tertiary/aromatic N) is 2. The third-order valence-electron chi connectivity index (χ3n) is 4.62. The van der Waals surface area contributed by atoms with Crippen molar-refractivity contribution in [3.63, 3.8) is 0 Å². The SMILES string of the molecule is C=CCN(CC)c1ccc(C(=C)c2ccc(N(CC)CC=C)cc2)cc1. The standard InChI is InChI=1S/C24H30N2/c1-6-18-25(8-3)23-14-10-21(11-15-23)20(5)22-12-16-24(17-13-22)26(9-4)19-7-2/h6-7,10-17H,1-2,5,8-9,18-19H2,3-4H3. The van der Waals surface area contributed by atoms with Crippen LogP contribution < -0.4 is 9.80 Å². The van der Waals surface area contributed by atoms with Gasteiger partial charge in [0.2, 0.25) is 0 Å². The molecule has 136 valence electrons. The molecule has 2 rings (SSSR count).